The van der Waals surface area contributed by atoms with Crippen LogP contribution in [-0.4, -0.2) is 19.2 Å². The van der Waals surface area contributed by atoms with Crippen LogP contribution in [0.15, 0.2) is 18.2 Å². The topological polar surface area (TPSA) is 21.3 Å². The van der Waals surface area contributed by atoms with Crippen LogP contribution in [0.2, 0.25) is 0 Å². The van der Waals surface area contributed by atoms with Gasteiger partial charge >= 0.3 is 0 Å². The smallest absolute Gasteiger partial charge is 0.123 e. The lowest BCUT2D eigenvalue weighted by Crippen LogP contribution is -2.34. The third kappa shape index (κ3) is 4.07. The summed E-state index contributed by atoms with van der Waals surface area (Å²) in [5.74, 6) is -0.178. The molecule has 0 bridgehead atoms. The van der Waals surface area contributed by atoms with E-state index in [9.17, 15) is 4.39 Å². The van der Waals surface area contributed by atoms with Gasteiger partial charge in [-0.2, -0.15) is 0 Å². The van der Waals surface area contributed by atoms with Gasteiger partial charge in [-0.1, -0.05) is 12.5 Å². The van der Waals surface area contributed by atoms with E-state index in [1.807, 2.05) is 13.0 Å². The molecule has 1 heterocycles. The molecule has 100 valence electrons. The van der Waals surface area contributed by atoms with Gasteiger partial charge in [0.05, 0.1) is 6.61 Å². The molecule has 0 spiro atoms. The monoisotopic (exact) mass is 251 g/mol. The molecule has 1 unspecified atom stereocenters. The molecule has 0 aromatic heterocycles. The molecule has 3 heteroatoms. The average molecular weight is 251 g/mol. The Bertz CT molecular complexity index is 375. The lowest BCUT2D eigenvalue weighted by atomic mass is 10.0. The molecule has 1 fully saturated rings. The highest BCUT2D eigenvalue weighted by Gasteiger charge is 2.11. The summed E-state index contributed by atoms with van der Waals surface area (Å²) >= 11 is 0. The van der Waals surface area contributed by atoms with E-state index in [-0.39, 0.29) is 5.82 Å². The predicted octanol–water partition coefficient (Wildman–Crippen LogP) is 3.18. The van der Waals surface area contributed by atoms with Crippen molar-refractivity contribution < 1.29 is 9.13 Å². The highest BCUT2D eigenvalue weighted by atomic mass is 19.1. The van der Waals surface area contributed by atoms with Gasteiger partial charge in [0, 0.05) is 12.6 Å². The summed E-state index contributed by atoms with van der Waals surface area (Å²) in [6, 6.07) is 5.48. The molecule has 1 aromatic carbocycles. The molecule has 1 aromatic rings. The number of halogens is 1. The van der Waals surface area contributed by atoms with Gasteiger partial charge in [0.1, 0.15) is 5.82 Å². The predicted molar refractivity (Wildman–Crippen MR) is 71.1 cm³/mol. The molecule has 18 heavy (non-hydrogen) atoms. The van der Waals surface area contributed by atoms with E-state index in [0.29, 0.717) is 12.6 Å². The van der Waals surface area contributed by atoms with Crippen molar-refractivity contribution in [1.82, 2.24) is 5.32 Å². The summed E-state index contributed by atoms with van der Waals surface area (Å²) in [5, 5.41) is 3.51. The van der Waals surface area contributed by atoms with Crippen LogP contribution in [0.3, 0.4) is 0 Å². The van der Waals surface area contributed by atoms with Crippen LogP contribution in [0.5, 0.6) is 0 Å². The SMILES string of the molecule is Cc1cc(F)ccc1COCCC1CCCCN1. The molecular weight excluding hydrogens is 229 g/mol. The number of aryl methyl sites for hydroxylation is 1. The minimum Gasteiger partial charge on any atom is -0.377 e. The maximum atomic E-state index is 12.9. The number of nitrogens with one attached hydrogen (secondary N) is 1. The maximum Gasteiger partial charge on any atom is 0.123 e. The summed E-state index contributed by atoms with van der Waals surface area (Å²) in [6.45, 7) is 4.42. The largest absolute Gasteiger partial charge is 0.377 e. The standard InChI is InChI=1S/C15H22FNO/c1-12-10-14(16)6-5-13(12)11-18-9-7-15-4-2-3-8-17-15/h5-6,10,15,17H,2-4,7-9,11H2,1H3. The second-order valence-corrected chi connectivity index (χ2v) is 5.06. The van der Waals surface area contributed by atoms with E-state index in [1.54, 1.807) is 6.07 Å². The zero-order valence-corrected chi connectivity index (χ0v) is 11.0. The van der Waals surface area contributed by atoms with Gasteiger partial charge in [-0.3, -0.25) is 0 Å². The Morgan fingerprint density at radius 2 is 2.28 bits per heavy atom. The normalized spacial score (nSPS) is 20.0. The number of ether oxygens (including phenoxy) is 1. The Balaban J connectivity index is 1.68. The van der Waals surface area contributed by atoms with Gasteiger partial charge in [-0.25, -0.2) is 4.39 Å². The number of hydrogen-bond donors (Lipinski definition) is 1. The molecule has 1 aliphatic heterocycles. The Morgan fingerprint density at radius 1 is 1.39 bits per heavy atom. The zero-order chi connectivity index (χ0) is 12.8. The van der Waals surface area contributed by atoms with Gasteiger partial charge in [0.2, 0.25) is 0 Å². The summed E-state index contributed by atoms with van der Waals surface area (Å²) in [6.07, 6.45) is 4.96. The van der Waals surface area contributed by atoms with E-state index in [0.717, 1.165) is 30.7 Å². The fourth-order valence-electron chi connectivity index (χ4n) is 2.40. The van der Waals surface area contributed by atoms with Crippen LogP contribution in [0.4, 0.5) is 4.39 Å². The van der Waals surface area contributed by atoms with E-state index >= 15 is 0 Å². The first kappa shape index (κ1) is 13.5. The van der Waals surface area contributed by atoms with Gasteiger partial charge in [0.15, 0.2) is 0 Å². The van der Waals surface area contributed by atoms with E-state index in [1.165, 1.54) is 25.3 Å². The van der Waals surface area contributed by atoms with Crippen LogP contribution >= 0.6 is 0 Å². The fourth-order valence-corrected chi connectivity index (χ4v) is 2.40. The first-order valence-electron chi connectivity index (χ1n) is 6.82. The minimum absolute atomic E-state index is 0.178. The number of benzene rings is 1. The second-order valence-electron chi connectivity index (χ2n) is 5.06. The quantitative estimate of drug-likeness (QED) is 0.812. The molecule has 2 nitrogen and oxygen atoms in total. The van der Waals surface area contributed by atoms with Crippen LogP contribution in [0.1, 0.15) is 36.8 Å². The molecule has 0 saturated carbocycles. The minimum atomic E-state index is -0.178. The van der Waals surface area contributed by atoms with Crippen molar-refractivity contribution in [3.63, 3.8) is 0 Å². The van der Waals surface area contributed by atoms with Crippen molar-refractivity contribution in [2.45, 2.75) is 45.3 Å². The lowest BCUT2D eigenvalue weighted by Gasteiger charge is -2.23. The van der Waals surface area contributed by atoms with Crippen molar-refractivity contribution in [2.75, 3.05) is 13.2 Å². The third-order valence-electron chi connectivity index (χ3n) is 3.59. The molecule has 0 radical (unpaired) electrons. The van der Waals surface area contributed by atoms with Crippen molar-refractivity contribution in [2.24, 2.45) is 0 Å². The molecule has 1 N–H and O–H groups in total. The molecule has 0 aliphatic carbocycles. The molecule has 0 amide bonds. The maximum absolute atomic E-state index is 12.9. The summed E-state index contributed by atoms with van der Waals surface area (Å²) < 4.78 is 18.6. The zero-order valence-electron chi connectivity index (χ0n) is 11.0. The fraction of sp³-hybridized carbons (Fsp3) is 0.600. The highest BCUT2D eigenvalue weighted by Crippen LogP contribution is 2.13. The second kappa shape index (κ2) is 6.86. The van der Waals surface area contributed by atoms with E-state index in [4.69, 9.17) is 4.74 Å². The van der Waals surface area contributed by atoms with Crippen LogP contribution < -0.4 is 5.32 Å². The molecule has 1 saturated heterocycles. The van der Waals surface area contributed by atoms with Gasteiger partial charge in [-0.15, -0.1) is 0 Å². The van der Waals surface area contributed by atoms with Crippen LogP contribution in [0, 0.1) is 12.7 Å². The van der Waals surface area contributed by atoms with E-state index in [2.05, 4.69) is 5.32 Å². The Kier molecular flexibility index (Phi) is 5.14. The van der Waals surface area contributed by atoms with Gasteiger partial charge in [-0.05, 0) is 56.0 Å². The van der Waals surface area contributed by atoms with Crippen molar-refractivity contribution >= 4 is 0 Å². The first-order valence-corrected chi connectivity index (χ1v) is 6.82. The highest BCUT2D eigenvalue weighted by molar-refractivity contribution is 5.25. The van der Waals surface area contributed by atoms with Gasteiger partial charge in [0.25, 0.3) is 0 Å². The summed E-state index contributed by atoms with van der Waals surface area (Å²) in [7, 11) is 0. The molecular formula is C15H22FNO. The average Bonchev–Trinajstić information content (AvgIpc) is 2.38. The van der Waals surface area contributed by atoms with E-state index < -0.39 is 0 Å². The Hall–Kier alpha value is -0.930. The molecule has 1 aliphatic rings. The van der Waals surface area contributed by atoms with Crippen molar-refractivity contribution in [1.29, 1.82) is 0 Å². The van der Waals surface area contributed by atoms with Crippen molar-refractivity contribution in [3.05, 3.63) is 35.1 Å². The Labute approximate surface area is 109 Å². The summed E-state index contributed by atoms with van der Waals surface area (Å²) in [4.78, 5) is 0. The number of piperidine rings is 1. The third-order valence-corrected chi connectivity index (χ3v) is 3.59. The Morgan fingerprint density at radius 3 is 3.00 bits per heavy atom. The number of hydrogen-bond acceptors (Lipinski definition) is 2. The molecule has 2 rings (SSSR count). The van der Waals surface area contributed by atoms with Crippen LogP contribution in [0.25, 0.3) is 0 Å². The summed E-state index contributed by atoms with van der Waals surface area (Å²) in [5.41, 5.74) is 2.04. The first-order chi connectivity index (χ1) is 8.75. The molecule has 1 atom stereocenters. The number of rotatable bonds is 5. The van der Waals surface area contributed by atoms with Crippen LogP contribution in [-0.2, 0) is 11.3 Å². The van der Waals surface area contributed by atoms with Crippen molar-refractivity contribution in [3.8, 4) is 0 Å². The lowest BCUT2D eigenvalue weighted by molar-refractivity contribution is 0.108. The van der Waals surface area contributed by atoms with Gasteiger partial charge < -0.3 is 10.1 Å².